The molecule has 1 aliphatic rings. The van der Waals surface area contributed by atoms with Crippen molar-refractivity contribution in [1.82, 2.24) is 14.7 Å². The smallest absolute Gasteiger partial charge is 0.151 e. The van der Waals surface area contributed by atoms with Gasteiger partial charge in [0.05, 0.1) is 11.8 Å². The van der Waals surface area contributed by atoms with Crippen LogP contribution in [-0.4, -0.2) is 39.0 Å². The Balaban J connectivity index is 1.79. The third-order valence-corrected chi connectivity index (χ3v) is 5.28. The Bertz CT molecular complexity index is 749. The van der Waals surface area contributed by atoms with E-state index in [0.717, 1.165) is 55.5 Å². The zero-order valence-electron chi connectivity index (χ0n) is 15.0. The molecule has 1 aromatic carbocycles. The van der Waals surface area contributed by atoms with Gasteiger partial charge in [-0.15, -0.1) is 0 Å². The van der Waals surface area contributed by atoms with Gasteiger partial charge in [0.1, 0.15) is 11.5 Å². The van der Waals surface area contributed by atoms with Crippen LogP contribution in [0.15, 0.2) is 18.2 Å². The Kier molecular flexibility index (Phi) is 5.20. The summed E-state index contributed by atoms with van der Waals surface area (Å²) in [6.07, 6.45) is 1.71. The Morgan fingerprint density at radius 2 is 1.92 bits per heavy atom. The van der Waals surface area contributed by atoms with Crippen molar-refractivity contribution in [2.75, 3.05) is 13.1 Å². The summed E-state index contributed by atoms with van der Waals surface area (Å²) in [5.41, 5.74) is 3.08. The van der Waals surface area contributed by atoms with Crippen LogP contribution in [0.3, 0.4) is 0 Å². The SMILES string of the molecule is Cc1nn(-c2ccc(F)cc2F)c(C)c1CN1CCC(C(C)O)CC1. The lowest BCUT2D eigenvalue weighted by molar-refractivity contribution is 0.0694. The number of piperidine rings is 1. The van der Waals surface area contributed by atoms with E-state index in [2.05, 4.69) is 10.00 Å². The van der Waals surface area contributed by atoms with E-state index in [4.69, 9.17) is 0 Å². The maximum absolute atomic E-state index is 14.1. The van der Waals surface area contributed by atoms with E-state index in [1.807, 2.05) is 20.8 Å². The molecule has 0 aliphatic carbocycles. The first-order valence-electron chi connectivity index (χ1n) is 8.77. The number of hydrogen-bond donors (Lipinski definition) is 1. The number of hydrogen-bond acceptors (Lipinski definition) is 3. The van der Waals surface area contributed by atoms with E-state index >= 15 is 0 Å². The second kappa shape index (κ2) is 7.22. The molecule has 1 aromatic heterocycles. The highest BCUT2D eigenvalue weighted by Gasteiger charge is 2.24. The lowest BCUT2D eigenvalue weighted by Gasteiger charge is -2.33. The Morgan fingerprint density at radius 3 is 2.52 bits per heavy atom. The summed E-state index contributed by atoms with van der Waals surface area (Å²) in [5, 5.41) is 14.2. The summed E-state index contributed by atoms with van der Waals surface area (Å²) in [6, 6.07) is 3.55. The van der Waals surface area contributed by atoms with Gasteiger partial charge in [-0.1, -0.05) is 0 Å². The average Bonchev–Trinajstić information content (AvgIpc) is 2.83. The van der Waals surface area contributed by atoms with Crippen LogP contribution in [0, 0.1) is 31.4 Å². The minimum atomic E-state index is -0.616. The Morgan fingerprint density at radius 1 is 1.24 bits per heavy atom. The first-order chi connectivity index (χ1) is 11.9. The third-order valence-electron chi connectivity index (χ3n) is 5.28. The maximum atomic E-state index is 14.1. The second-order valence-corrected chi connectivity index (χ2v) is 7.01. The summed E-state index contributed by atoms with van der Waals surface area (Å²) in [5.74, 6) is -0.839. The number of aliphatic hydroxyl groups excluding tert-OH is 1. The van der Waals surface area contributed by atoms with Crippen molar-refractivity contribution in [2.24, 2.45) is 5.92 Å². The summed E-state index contributed by atoms with van der Waals surface area (Å²) in [4.78, 5) is 2.35. The monoisotopic (exact) mass is 349 g/mol. The Labute approximate surface area is 147 Å². The van der Waals surface area contributed by atoms with Crippen LogP contribution in [0.1, 0.15) is 36.7 Å². The van der Waals surface area contributed by atoms with Crippen molar-refractivity contribution in [3.63, 3.8) is 0 Å². The van der Waals surface area contributed by atoms with Crippen molar-refractivity contribution in [1.29, 1.82) is 0 Å². The molecule has 136 valence electrons. The van der Waals surface area contributed by atoms with Gasteiger partial charge in [0.25, 0.3) is 0 Å². The number of likely N-dealkylation sites (tertiary alicyclic amines) is 1. The molecule has 4 nitrogen and oxygen atoms in total. The first-order valence-corrected chi connectivity index (χ1v) is 8.77. The quantitative estimate of drug-likeness (QED) is 0.920. The molecule has 1 fully saturated rings. The lowest BCUT2D eigenvalue weighted by Crippen LogP contribution is -2.36. The van der Waals surface area contributed by atoms with E-state index in [9.17, 15) is 13.9 Å². The summed E-state index contributed by atoms with van der Waals surface area (Å²) in [7, 11) is 0. The highest BCUT2D eigenvalue weighted by atomic mass is 19.1. The number of benzene rings is 1. The fraction of sp³-hybridized carbons (Fsp3) is 0.526. The van der Waals surface area contributed by atoms with Gasteiger partial charge in [0.15, 0.2) is 5.82 Å². The normalized spacial score (nSPS) is 17.8. The van der Waals surface area contributed by atoms with Crippen LogP contribution in [-0.2, 0) is 6.54 Å². The molecule has 0 amide bonds. The minimum Gasteiger partial charge on any atom is -0.393 e. The van der Waals surface area contributed by atoms with Gasteiger partial charge in [-0.2, -0.15) is 5.10 Å². The maximum Gasteiger partial charge on any atom is 0.151 e. The summed E-state index contributed by atoms with van der Waals surface area (Å²) in [6.45, 7) is 8.32. The van der Waals surface area contributed by atoms with Crippen LogP contribution in [0.25, 0.3) is 5.69 Å². The first kappa shape index (κ1) is 18.0. The number of nitrogens with zero attached hydrogens (tertiary/aromatic N) is 3. The Hall–Kier alpha value is -1.79. The molecule has 0 saturated carbocycles. The molecule has 2 heterocycles. The molecule has 1 unspecified atom stereocenters. The summed E-state index contributed by atoms with van der Waals surface area (Å²) >= 11 is 0. The molecule has 2 aromatic rings. The predicted molar refractivity (Wildman–Crippen MR) is 92.6 cm³/mol. The number of aryl methyl sites for hydroxylation is 1. The number of aromatic nitrogens is 2. The van der Waals surface area contributed by atoms with E-state index in [1.165, 1.54) is 12.1 Å². The zero-order chi connectivity index (χ0) is 18.1. The van der Waals surface area contributed by atoms with E-state index in [0.29, 0.717) is 5.92 Å². The van der Waals surface area contributed by atoms with Crippen molar-refractivity contribution in [3.8, 4) is 5.69 Å². The number of rotatable bonds is 4. The number of halogens is 2. The molecule has 3 rings (SSSR count). The van der Waals surface area contributed by atoms with Gasteiger partial charge in [-0.25, -0.2) is 13.5 Å². The van der Waals surface area contributed by atoms with Crippen molar-refractivity contribution < 1.29 is 13.9 Å². The molecule has 0 radical (unpaired) electrons. The molecule has 1 saturated heterocycles. The second-order valence-electron chi connectivity index (χ2n) is 7.01. The van der Waals surface area contributed by atoms with Gasteiger partial charge < -0.3 is 5.11 Å². The minimum absolute atomic E-state index is 0.255. The molecular formula is C19H25F2N3O. The van der Waals surface area contributed by atoms with E-state index < -0.39 is 11.6 Å². The van der Waals surface area contributed by atoms with Gasteiger partial charge in [-0.3, -0.25) is 4.90 Å². The van der Waals surface area contributed by atoms with Crippen LogP contribution in [0.4, 0.5) is 8.78 Å². The van der Waals surface area contributed by atoms with Crippen LogP contribution in [0.2, 0.25) is 0 Å². The third kappa shape index (κ3) is 3.75. The zero-order valence-corrected chi connectivity index (χ0v) is 15.0. The fourth-order valence-electron chi connectivity index (χ4n) is 3.61. The topological polar surface area (TPSA) is 41.3 Å². The van der Waals surface area contributed by atoms with Gasteiger partial charge in [0.2, 0.25) is 0 Å². The van der Waals surface area contributed by atoms with Crippen molar-refractivity contribution in [2.45, 2.75) is 46.3 Å². The molecular weight excluding hydrogens is 324 g/mol. The molecule has 25 heavy (non-hydrogen) atoms. The van der Waals surface area contributed by atoms with E-state index in [-0.39, 0.29) is 11.8 Å². The molecule has 0 bridgehead atoms. The van der Waals surface area contributed by atoms with Crippen LogP contribution >= 0.6 is 0 Å². The number of aliphatic hydroxyl groups is 1. The van der Waals surface area contributed by atoms with Crippen molar-refractivity contribution >= 4 is 0 Å². The average molecular weight is 349 g/mol. The highest BCUT2D eigenvalue weighted by Crippen LogP contribution is 2.25. The highest BCUT2D eigenvalue weighted by molar-refractivity contribution is 5.38. The molecule has 1 N–H and O–H groups in total. The fourth-order valence-corrected chi connectivity index (χ4v) is 3.61. The van der Waals surface area contributed by atoms with Gasteiger partial charge >= 0.3 is 0 Å². The molecule has 6 heteroatoms. The molecule has 1 aliphatic heterocycles. The largest absolute Gasteiger partial charge is 0.393 e. The van der Waals surface area contributed by atoms with Gasteiger partial charge in [-0.05, 0) is 64.8 Å². The standard InChI is InChI=1S/C19H25F2N3O/c1-12-17(11-23-8-6-15(7-9-23)14(3)25)13(2)24(22-12)19-5-4-16(20)10-18(19)21/h4-5,10,14-15,25H,6-9,11H2,1-3H3. The molecule has 0 spiro atoms. The predicted octanol–water partition coefficient (Wildman–Crippen LogP) is 3.36. The van der Waals surface area contributed by atoms with Gasteiger partial charge in [0, 0.05) is 23.9 Å². The van der Waals surface area contributed by atoms with Crippen LogP contribution < -0.4 is 0 Å². The summed E-state index contributed by atoms with van der Waals surface area (Å²) < 4.78 is 28.8. The van der Waals surface area contributed by atoms with Crippen molar-refractivity contribution in [3.05, 3.63) is 46.8 Å². The lowest BCUT2D eigenvalue weighted by atomic mass is 9.92. The van der Waals surface area contributed by atoms with E-state index in [1.54, 1.807) is 4.68 Å². The molecule has 1 atom stereocenters. The van der Waals surface area contributed by atoms with Crippen LogP contribution in [0.5, 0.6) is 0 Å².